The SMILES string of the molecule is COc1cccc(Cn2cc(B3OC(C)(C)C(C)(C)O3)cn2)c1. The van der Waals surface area contributed by atoms with Crippen LogP contribution in [0.1, 0.15) is 33.3 Å². The minimum Gasteiger partial charge on any atom is -0.497 e. The first kappa shape index (κ1) is 16.1. The van der Waals surface area contributed by atoms with Gasteiger partial charge < -0.3 is 14.0 Å². The van der Waals surface area contributed by atoms with Gasteiger partial charge in [-0.1, -0.05) is 12.1 Å². The van der Waals surface area contributed by atoms with Crippen molar-refractivity contribution >= 4 is 12.6 Å². The van der Waals surface area contributed by atoms with Crippen molar-refractivity contribution in [3.8, 4) is 5.75 Å². The van der Waals surface area contributed by atoms with Gasteiger partial charge in [0.25, 0.3) is 0 Å². The Hall–Kier alpha value is -1.79. The number of nitrogens with zero attached hydrogens (tertiary/aromatic N) is 2. The van der Waals surface area contributed by atoms with Crippen LogP contribution in [0.2, 0.25) is 0 Å². The maximum absolute atomic E-state index is 6.05. The van der Waals surface area contributed by atoms with Crippen molar-refractivity contribution < 1.29 is 14.0 Å². The predicted molar refractivity (Wildman–Crippen MR) is 90.0 cm³/mol. The molecule has 0 spiro atoms. The van der Waals surface area contributed by atoms with E-state index in [1.165, 1.54) is 0 Å². The van der Waals surface area contributed by atoms with Gasteiger partial charge >= 0.3 is 7.12 Å². The van der Waals surface area contributed by atoms with Crippen LogP contribution in [-0.2, 0) is 15.9 Å². The van der Waals surface area contributed by atoms with Gasteiger partial charge in [-0.05, 0) is 45.4 Å². The quantitative estimate of drug-likeness (QED) is 0.812. The summed E-state index contributed by atoms with van der Waals surface area (Å²) in [5, 5.41) is 4.42. The Morgan fingerprint density at radius 1 is 1.17 bits per heavy atom. The number of methoxy groups -OCH3 is 1. The molecule has 1 fully saturated rings. The van der Waals surface area contributed by atoms with Gasteiger partial charge in [0, 0.05) is 17.9 Å². The van der Waals surface area contributed by atoms with Crippen LogP contribution in [0.25, 0.3) is 0 Å². The lowest BCUT2D eigenvalue weighted by Gasteiger charge is -2.32. The number of ether oxygens (including phenoxy) is 1. The number of hydrogen-bond donors (Lipinski definition) is 0. The molecule has 23 heavy (non-hydrogen) atoms. The molecule has 6 heteroatoms. The zero-order valence-corrected chi connectivity index (χ0v) is 14.4. The molecule has 2 aromatic rings. The Bertz CT molecular complexity index is 681. The van der Waals surface area contributed by atoms with Crippen molar-refractivity contribution in [1.29, 1.82) is 0 Å². The van der Waals surface area contributed by atoms with Gasteiger partial charge in [-0.3, -0.25) is 4.68 Å². The van der Waals surface area contributed by atoms with Crippen molar-refractivity contribution in [1.82, 2.24) is 9.78 Å². The van der Waals surface area contributed by atoms with E-state index < -0.39 is 0 Å². The van der Waals surface area contributed by atoms with Crippen molar-refractivity contribution in [3.63, 3.8) is 0 Å². The number of hydrogen-bond acceptors (Lipinski definition) is 4. The van der Waals surface area contributed by atoms with Crippen LogP contribution in [-0.4, -0.2) is 35.2 Å². The van der Waals surface area contributed by atoms with Gasteiger partial charge in [-0.25, -0.2) is 0 Å². The third-order valence-electron chi connectivity index (χ3n) is 4.66. The molecule has 5 nitrogen and oxygen atoms in total. The highest BCUT2D eigenvalue weighted by atomic mass is 16.7. The third kappa shape index (κ3) is 3.14. The Morgan fingerprint density at radius 2 is 1.87 bits per heavy atom. The molecule has 1 aliphatic rings. The fourth-order valence-corrected chi connectivity index (χ4v) is 2.52. The molecule has 0 atom stereocenters. The van der Waals surface area contributed by atoms with E-state index in [0.717, 1.165) is 16.8 Å². The minimum absolute atomic E-state index is 0.341. The van der Waals surface area contributed by atoms with Crippen molar-refractivity contribution in [3.05, 3.63) is 42.2 Å². The van der Waals surface area contributed by atoms with Crippen LogP contribution < -0.4 is 10.2 Å². The molecule has 0 bridgehead atoms. The number of benzene rings is 1. The molecule has 1 aromatic carbocycles. The number of aromatic nitrogens is 2. The van der Waals surface area contributed by atoms with Crippen LogP contribution in [0.4, 0.5) is 0 Å². The van der Waals surface area contributed by atoms with E-state index in [-0.39, 0.29) is 18.3 Å². The molecule has 0 radical (unpaired) electrons. The summed E-state index contributed by atoms with van der Waals surface area (Å²) in [4.78, 5) is 0. The molecule has 0 aliphatic carbocycles. The average Bonchev–Trinajstić information content (AvgIpc) is 3.02. The molecule has 0 unspecified atom stereocenters. The molecule has 122 valence electrons. The minimum atomic E-state index is -0.376. The second-order valence-corrected chi connectivity index (χ2v) is 6.91. The van der Waals surface area contributed by atoms with Crippen LogP contribution in [0, 0.1) is 0 Å². The highest BCUT2D eigenvalue weighted by Gasteiger charge is 2.52. The first-order chi connectivity index (χ1) is 10.8. The Kier molecular flexibility index (Phi) is 3.98. The monoisotopic (exact) mass is 314 g/mol. The van der Waals surface area contributed by atoms with Crippen molar-refractivity contribution in [2.45, 2.75) is 45.4 Å². The van der Waals surface area contributed by atoms with E-state index in [1.807, 2.05) is 63.0 Å². The molecule has 0 amide bonds. The molecule has 3 rings (SSSR count). The molecule has 1 aromatic heterocycles. The van der Waals surface area contributed by atoms with Crippen LogP contribution in [0.5, 0.6) is 5.75 Å². The standard InChI is InChI=1S/C17H23BN2O3/c1-16(2)17(3,4)23-18(22-16)14-10-19-20(12-14)11-13-7-6-8-15(9-13)21-5/h6-10,12H,11H2,1-5H3. The predicted octanol–water partition coefficient (Wildman–Crippen LogP) is 2.24. The zero-order chi connectivity index (χ0) is 16.7. The summed E-state index contributed by atoms with van der Waals surface area (Å²) < 4.78 is 19.2. The van der Waals surface area contributed by atoms with Crippen molar-refractivity contribution in [2.24, 2.45) is 0 Å². The highest BCUT2D eigenvalue weighted by molar-refractivity contribution is 6.61. The van der Waals surface area contributed by atoms with Gasteiger partial charge in [0.15, 0.2) is 0 Å². The first-order valence-corrected chi connectivity index (χ1v) is 7.82. The Balaban J connectivity index is 1.74. The maximum Gasteiger partial charge on any atom is 0.498 e. The lowest BCUT2D eigenvalue weighted by atomic mass is 9.82. The van der Waals surface area contributed by atoms with E-state index >= 15 is 0 Å². The van der Waals surface area contributed by atoms with Gasteiger partial charge in [0.05, 0.1) is 24.9 Å². The fraction of sp³-hybridized carbons (Fsp3) is 0.471. The van der Waals surface area contributed by atoms with E-state index in [9.17, 15) is 0 Å². The first-order valence-electron chi connectivity index (χ1n) is 7.82. The van der Waals surface area contributed by atoms with Crippen LogP contribution in [0.3, 0.4) is 0 Å². The molecule has 0 N–H and O–H groups in total. The molecular formula is C17H23BN2O3. The maximum atomic E-state index is 6.05. The van der Waals surface area contributed by atoms with Gasteiger partial charge in [0.2, 0.25) is 0 Å². The Labute approximate surface area is 137 Å². The lowest BCUT2D eigenvalue weighted by molar-refractivity contribution is 0.00578. The van der Waals surface area contributed by atoms with Gasteiger partial charge in [-0.15, -0.1) is 0 Å². The van der Waals surface area contributed by atoms with Crippen LogP contribution in [0.15, 0.2) is 36.7 Å². The second kappa shape index (κ2) is 5.69. The zero-order valence-electron chi connectivity index (χ0n) is 14.4. The van der Waals surface area contributed by atoms with Crippen molar-refractivity contribution in [2.75, 3.05) is 7.11 Å². The molecule has 2 heterocycles. The van der Waals surface area contributed by atoms with Crippen LogP contribution >= 0.6 is 0 Å². The highest BCUT2D eigenvalue weighted by Crippen LogP contribution is 2.36. The topological polar surface area (TPSA) is 45.5 Å². The molecule has 0 saturated carbocycles. The fourth-order valence-electron chi connectivity index (χ4n) is 2.52. The molecule has 1 saturated heterocycles. The lowest BCUT2D eigenvalue weighted by Crippen LogP contribution is -2.41. The third-order valence-corrected chi connectivity index (χ3v) is 4.66. The average molecular weight is 314 g/mol. The number of rotatable bonds is 4. The second-order valence-electron chi connectivity index (χ2n) is 6.91. The smallest absolute Gasteiger partial charge is 0.497 e. The summed E-state index contributed by atoms with van der Waals surface area (Å²) in [5.41, 5.74) is 1.39. The van der Waals surface area contributed by atoms with E-state index in [0.29, 0.717) is 6.54 Å². The summed E-state index contributed by atoms with van der Waals surface area (Å²) >= 11 is 0. The summed E-state index contributed by atoms with van der Waals surface area (Å²) in [6, 6.07) is 7.98. The molecular weight excluding hydrogens is 291 g/mol. The summed E-state index contributed by atoms with van der Waals surface area (Å²) in [6.07, 6.45) is 3.78. The summed E-state index contributed by atoms with van der Waals surface area (Å²) in [5.74, 6) is 0.848. The van der Waals surface area contributed by atoms with E-state index in [2.05, 4.69) is 11.2 Å². The largest absolute Gasteiger partial charge is 0.498 e. The summed E-state index contributed by atoms with van der Waals surface area (Å²) in [6.45, 7) is 8.87. The van der Waals surface area contributed by atoms with E-state index in [1.54, 1.807) is 7.11 Å². The van der Waals surface area contributed by atoms with E-state index in [4.69, 9.17) is 14.0 Å². The van der Waals surface area contributed by atoms with Gasteiger partial charge in [0.1, 0.15) is 5.75 Å². The molecule has 1 aliphatic heterocycles. The normalized spacial score (nSPS) is 19.1. The summed E-state index contributed by atoms with van der Waals surface area (Å²) in [7, 11) is 1.29. The Morgan fingerprint density at radius 3 is 2.52 bits per heavy atom. The van der Waals surface area contributed by atoms with Gasteiger partial charge in [-0.2, -0.15) is 5.10 Å².